The van der Waals surface area contributed by atoms with Gasteiger partial charge in [0.15, 0.2) is 0 Å². The van der Waals surface area contributed by atoms with E-state index in [1.807, 2.05) is 30.3 Å². The van der Waals surface area contributed by atoms with E-state index in [1.54, 1.807) is 34.9 Å². The standard InChI is InChI=1S/C18H15N3O2S/c22-17(21-9-10-24-16-8-4-3-7-15(16)21)11-20-12-19-14-6-2-1-5-13(14)18(20)23/h1-8,12H,9-11H2. The maximum absolute atomic E-state index is 12.7. The molecule has 0 bridgehead atoms. The van der Waals surface area contributed by atoms with Crippen LogP contribution in [0.4, 0.5) is 5.69 Å². The molecule has 3 aromatic rings. The van der Waals surface area contributed by atoms with Gasteiger partial charge in [0.05, 0.1) is 22.9 Å². The molecular formula is C18H15N3O2S. The zero-order valence-electron chi connectivity index (χ0n) is 12.9. The lowest BCUT2D eigenvalue weighted by Gasteiger charge is -2.29. The summed E-state index contributed by atoms with van der Waals surface area (Å²) >= 11 is 1.75. The van der Waals surface area contributed by atoms with Gasteiger partial charge >= 0.3 is 0 Å². The topological polar surface area (TPSA) is 55.2 Å². The van der Waals surface area contributed by atoms with E-state index >= 15 is 0 Å². The fraction of sp³-hybridized carbons (Fsp3) is 0.167. The lowest BCUT2D eigenvalue weighted by molar-refractivity contribution is -0.119. The van der Waals surface area contributed by atoms with Crippen molar-refractivity contribution < 1.29 is 4.79 Å². The Kier molecular flexibility index (Phi) is 3.82. The van der Waals surface area contributed by atoms with Gasteiger partial charge in [-0.2, -0.15) is 0 Å². The minimum Gasteiger partial charge on any atom is -0.309 e. The lowest BCUT2D eigenvalue weighted by atomic mass is 10.2. The van der Waals surface area contributed by atoms with E-state index in [9.17, 15) is 9.59 Å². The van der Waals surface area contributed by atoms with Crippen LogP contribution in [0.15, 0.2) is 64.5 Å². The fourth-order valence-corrected chi connectivity index (χ4v) is 3.87. The number of anilines is 1. The first-order valence-corrected chi connectivity index (χ1v) is 8.69. The van der Waals surface area contributed by atoms with Gasteiger partial charge in [0, 0.05) is 17.2 Å². The third kappa shape index (κ3) is 2.59. The molecule has 2 aromatic carbocycles. The Hall–Kier alpha value is -2.60. The molecule has 0 unspecified atom stereocenters. The number of hydrogen-bond donors (Lipinski definition) is 0. The first-order valence-electron chi connectivity index (χ1n) is 7.70. The summed E-state index contributed by atoms with van der Waals surface area (Å²) in [6.45, 7) is 0.645. The first-order chi connectivity index (χ1) is 11.7. The van der Waals surface area contributed by atoms with Crippen LogP contribution in [0.2, 0.25) is 0 Å². The van der Waals surface area contributed by atoms with Gasteiger partial charge in [0.25, 0.3) is 5.56 Å². The van der Waals surface area contributed by atoms with Gasteiger partial charge < -0.3 is 4.90 Å². The number of benzene rings is 2. The van der Waals surface area contributed by atoms with Crippen molar-refractivity contribution >= 4 is 34.3 Å². The molecule has 0 spiro atoms. The lowest BCUT2D eigenvalue weighted by Crippen LogP contribution is -2.39. The highest BCUT2D eigenvalue weighted by Crippen LogP contribution is 2.34. The van der Waals surface area contributed by atoms with E-state index in [0.29, 0.717) is 17.4 Å². The summed E-state index contributed by atoms with van der Waals surface area (Å²) in [7, 11) is 0. The fourth-order valence-electron chi connectivity index (χ4n) is 2.88. The Balaban J connectivity index is 1.66. The predicted molar refractivity (Wildman–Crippen MR) is 95.5 cm³/mol. The van der Waals surface area contributed by atoms with Crippen LogP contribution < -0.4 is 10.5 Å². The van der Waals surface area contributed by atoms with Crippen LogP contribution in [0.25, 0.3) is 10.9 Å². The third-order valence-corrected chi connectivity index (χ3v) is 5.11. The molecule has 1 aromatic heterocycles. The normalized spacial score (nSPS) is 13.8. The summed E-state index contributed by atoms with van der Waals surface area (Å²) in [6.07, 6.45) is 1.45. The molecule has 1 aliphatic heterocycles. The van der Waals surface area contributed by atoms with Crippen LogP contribution >= 0.6 is 11.8 Å². The predicted octanol–water partition coefficient (Wildman–Crippen LogP) is 2.54. The van der Waals surface area contributed by atoms with Gasteiger partial charge in [-0.05, 0) is 24.3 Å². The van der Waals surface area contributed by atoms with Crippen LogP contribution in [-0.4, -0.2) is 27.8 Å². The molecule has 1 aliphatic rings. The summed E-state index contributed by atoms with van der Waals surface area (Å²) in [6, 6.07) is 15.0. The number of para-hydroxylation sites is 2. The first kappa shape index (κ1) is 15.0. The Labute approximate surface area is 142 Å². The Morgan fingerprint density at radius 1 is 1.12 bits per heavy atom. The Bertz CT molecular complexity index is 983. The van der Waals surface area contributed by atoms with E-state index in [0.717, 1.165) is 16.3 Å². The smallest absolute Gasteiger partial charge is 0.261 e. The van der Waals surface area contributed by atoms with Crippen molar-refractivity contribution in [3.8, 4) is 0 Å². The number of carbonyl (C=O) groups is 1. The van der Waals surface area contributed by atoms with Crippen LogP contribution in [0.5, 0.6) is 0 Å². The SMILES string of the molecule is O=C(Cn1cnc2ccccc2c1=O)N1CCSc2ccccc21. The second-order valence-electron chi connectivity index (χ2n) is 5.56. The molecule has 0 atom stereocenters. The highest BCUT2D eigenvalue weighted by Gasteiger charge is 2.23. The van der Waals surface area contributed by atoms with Gasteiger partial charge in [-0.1, -0.05) is 24.3 Å². The molecule has 0 saturated carbocycles. The maximum atomic E-state index is 12.7. The van der Waals surface area contributed by atoms with Gasteiger partial charge in [0.2, 0.25) is 5.91 Å². The van der Waals surface area contributed by atoms with Crippen LogP contribution in [0.1, 0.15) is 0 Å². The van der Waals surface area contributed by atoms with Gasteiger partial charge in [-0.15, -0.1) is 11.8 Å². The number of amides is 1. The average Bonchev–Trinajstić information content (AvgIpc) is 2.63. The van der Waals surface area contributed by atoms with Crippen molar-refractivity contribution in [1.82, 2.24) is 9.55 Å². The highest BCUT2D eigenvalue weighted by atomic mass is 32.2. The zero-order chi connectivity index (χ0) is 16.5. The maximum Gasteiger partial charge on any atom is 0.261 e. The van der Waals surface area contributed by atoms with Crippen molar-refractivity contribution in [2.75, 3.05) is 17.2 Å². The molecule has 6 heteroatoms. The van der Waals surface area contributed by atoms with Gasteiger partial charge in [-0.25, -0.2) is 4.98 Å². The van der Waals surface area contributed by atoms with Crippen molar-refractivity contribution in [3.05, 3.63) is 65.2 Å². The zero-order valence-corrected chi connectivity index (χ0v) is 13.7. The van der Waals surface area contributed by atoms with Crippen molar-refractivity contribution in [2.45, 2.75) is 11.4 Å². The Morgan fingerprint density at radius 3 is 2.83 bits per heavy atom. The molecule has 24 heavy (non-hydrogen) atoms. The molecule has 0 aliphatic carbocycles. The molecule has 2 heterocycles. The molecule has 5 nitrogen and oxygen atoms in total. The van der Waals surface area contributed by atoms with Crippen molar-refractivity contribution in [2.24, 2.45) is 0 Å². The summed E-state index contributed by atoms with van der Waals surface area (Å²) in [5.74, 6) is 0.759. The molecule has 1 amide bonds. The highest BCUT2D eigenvalue weighted by molar-refractivity contribution is 7.99. The number of thioether (sulfide) groups is 1. The summed E-state index contributed by atoms with van der Waals surface area (Å²) in [5, 5.41) is 0.530. The Morgan fingerprint density at radius 2 is 1.92 bits per heavy atom. The second kappa shape index (κ2) is 6.13. The van der Waals surface area contributed by atoms with E-state index in [4.69, 9.17) is 0 Å². The molecule has 0 radical (unpaired) electrons. The van der Waals surface area contributed by atoms with Crippen molar-refractivity contribution in [1.29, 1.82) is 0 Å². The summed E-state index contributed by atoms with van der Waals surface area (Å²) in [5.41, 5.74) is 1.38. The van der Waals surface area contributed by atoms with Gasteiger partial charge in [0.1, 0.15) is 6.54 Å². The van der Waals surface area contributed by atoms with E-state index in [-0.39, 0.29) is 18.0 Å². The van der Waals surface area contributed by atoms with E-state index in [2.05, 4.69) is 4.98 Å². The van der Waals surface area contributed by atoms with Crippen LogP contribution in [0, 0.1) is 0 Å². The summed E-state index contributed by atoms with van der Waals surface area (Å²) < 4.78 is 1.38. The van der Waals surface area contributed by atoms with Crippen LogP contribution in [-0.2, 0) is 11.3 Å². The second-order valence-corrected chi connectivity index (χ2v) is 6.69. The number of rotatable bonds is 2. The monoisotopic (exact) mass is 337 g/mol. The van der Waals surface area contributed by atoms with Crippen LogP contribution in [0.3, 0.4) is 0 Å². The molecule has 120 valence electrons. The third-order valence-electron chi connectivity index (χ3n) is 4.07. The minimum absolute atomic E-state index is 0.00430. The number of fused-ring (bicyclic) bond motifs is 2. The average molecular weight is 337 g/mol. The molecule has 4 rings (SSSR count). The number of nitrogens with zero attached hydrogens (tertiary/aromatic N) is 3. The molecule has 0 saturated heterocycles. The molecule has 0 fully saturated rings. The number of hydrogen-bond acceptors (Lipinski definition) is 4. The largest absolute Gasteiger partial charge is 0.309 e. The molecular weight excluding hydrogens is 322 g/mol. The van der Waals surface area contributed by atoms with E-state index < -0.39 is 0 Å². The molecule has 0 N–H and O–H groups in total. The quantitative estimate of drug-likeness (QED) is 0.721. The van der Waals surface area contributed by atoms with Gasteiger partial charge in [-0.3, -0.25) is 14.2 Å². The number of aromatic nitrogens is 2. The van der Waals surface area contributed by atoms with E-state index in [1.165, 1.54) is 10.9 Å². The number of carbonyl (C=O) groups excluding carboxylic acids is 1. The minimum atomic E-state index is -0.186. The van der Waals surface area contributed by atoms with Crippen molar-refractivity contribution in [3.63, 3.8) is 0 Å². The summed E-state index contributed by atoms with van der Waals surface area (Å²) in [4.78, 5) is 32.4.